The molecule has 0 saturated carbocycles. The van der Waals surface area contributed by atoms with E-state index in [0.717, 1.165) is 5.69 Å². The topological polar surface area (TPSA) is 67.9 Å². The van der Waals surface area contributed by atoms with Crippen LogP contribution >= 0.6 is 0 Å². The average molecular weight is 328 g/mol. The fourth-order valence-corrected chi connectivity index (χ4v) is 2.14. The smallest absolute Gasteiger partial charge is 0.272 e. The van der Waals surface area contributed by atoms with Gasteiger partial charge in [-0.05, 0) is 25.1 Å². The first-order chi connectivity index (χ1) is 11.5. The van der Waals surface area contributed by atoms with Crippen molar-refractivity contribution in [2.24, 2.45) is 4.99 Å². The number of fused-ring (bicyclic) bond motifs is 1. The molecule has 0 bridgehead atoms. The Bertz CT molecular complexity index is 876. The van der Waals surface area contributed by atoms with Gasteiger partial charge in [0.1, 0.15) is 17.7 Å². The molecule has 0 aliphatic carbocycles. The summed E-state index contributed by atoms with van der Waals surface area (Å²) in [6.45, 7) is 1.85. The van der Waals surface area contributed by atoms with Crippen molar-refractivity contribution in [1.29, 1.82) is 0 Å². The van der Waals surface area contributed by atoms with Gasteiger partial charge in [-0.3, -0.25) is 0 Å². The minimum absolute atomic E-state index is 0.307. The van der Waals surface area contributed by atoms with Crippen LogP contribution in [0, 0.1) is 5.82 Å². The summed E-state index contributed by atoms with van der Waals surface area (Å²) < 4.78 is 20.7. The Morgan fingerprint density at radius 3 is 2.92 bits per heavy atom. The molecule has 124 valence electrons. The third-order valence-electron chi connectivity index (χ3n) is 3.19. The largest absolute Gasteiger partial charge is 0.484 e. The van der Waals surface area contributed by atoms with Crippen LogP contribution in [0.25, 0.3) is 5.78 Å². The molecule has 0 radical (unpaired) electrons. The minimum Gasteiger partial charge on any atom is -0.484 e. The van der Waals surface area contributed by atoms with Crippen molar-refractivity contribution in [2.75, 3.05) is 14.1 Å². The van der Waals surface area contributed by atoms with Crippen molar-refractivity contribution in [3.05, 3.63) is 48.0 Å². The standard InChI is InChI=1S/C16H17FN6O/c1-11(24-13-6-4-5-12(17)9-13)14-7-8-18-16-20-15(21-23(14)16)19-10-22(2)3/h4-11H,1-3H3/t11-/m1/s1. The first kappa shape index (κ1) is 15.9. The first-order valence-corrected chi connectivity index (χ1v) is 7.37. The number of rotatable bonds is 5. The predicted octanol–water partition coefficient (Wildman–Crippen LogP) is 2.62. The van der Waals surface area contributed by atoms with Crippen molar-refractivity contribution >= 4 is 18.1 Å². The number of hydrogen-bond acceptors (Lipinski definition) is 5. The number of ether oxygens (including phenoxy) is 1. The molecule has 0 saturated heterocycles. The van der Waals surface area contributed by atoms with Crippen molar-refractivity contribution < 1.29 is 9.13 Å². The molecule has 0 aliphatic heterocycles. The highest BCUT2D eigenvalue weighted by molar-refractivity contribution is 5.58. The highest BCUT2D eigenvalue weighted by Crippen LogP contribution is 2.22. The van der Waals surface area contributed by atoms with Gasteiger partial charge in [0.2, 0.25) is 0 Å². The van der Waals surface area contributed by atoms with E-state index in [4.69, 9.17) is 4.74 Å². The SMILES string of the molecule is C[C@@H](Oc1cccc(F)c1)c1ccnc2nc(N=CN(C)C)nn12. The summed E-state index contributed by atoms with van der Waals surface area (Å²) in [6.07, 6.45) is 2.87. The Balaban J connectivity index is 1.90. The van der Waals surface area contributed by atoms with Gasteiger partial charge in [-0.1, -0.05) is 6.07 Å². The fourth-order valence-electron chi connectivity index (χ4n) is 2.14. The van der Waals surface area contributed by atoms with Gasteiger partial charge in [-0.25, -0.2) is 14.4 Å². The maximum Gasteiger partial charge on any atom is 0.272 e. The summed E-state index contributed by atoms with van der Waals surface area (Å²) >= 11 is 0. The predicted molar refractivity (Wildman–Crippen MR) is 88.1 cm³/mol. The Morgan fingerprint density at radius 1 is 1.33 bits per heavy atom. The van der Waals surface area contributed by atoms with Crippen LogP contribution in [0.15, 0.2) is 41.5 Å². The molecule has 1 aromatic carbocycles. The maximum atomic E-state index is 13.3. The van der Waals surface area contributed by atoms with E-state index in [2.05, 4.69) is 20.1 Å². The van der Waals surface area contributed by atoms with Gasteiger partial charge in [0.25, 0.3) is 11.7 Å². The van der Waals surface area contributed by atoms with E-state index >= 15 is 0 Å². The molecule has 0 amide bonds. The second-order valence-corrected chi connectivity index (χ2v) is 5.42. The van der Waals surface area contributed by atoms with Gasteiger partial charge >= 0.3 is 0 Å². The quantitative estimate of drug-likeness (QED) is 0.532. The lowest BCUT2D eigenvalue weighted by Crippen LogP contribution is -2.10. The monoisotopic (exact) mass is 328 g/mol. The van der Waals surface area contributed by atoms with E-state index in [1.165, 1.54) is 12.1 Å². The average Bonchev–Trinajstić information content (AvgIpc) is 2.95. The number of halogens is 1. The van der Waals surface area contributed by atoms with Gasteiger partial charge in [0.05, 0.1) is 12.0 Å². The van der Waals surface area contributed by atoms with Crippen molar-refractivity contribution in [1.82, 2.24) is 24.5 Å². The lowest BCUT2D eigenvalue weighted by atomic mass is 10.2. The van der Waals surface area contributed by atoms with E-state index in [1.807, 2.05) is 21.0 Å². The number of hydrogen-bond donors (Lipinski definition) is 0. The number of nitrogens with zero attached hydrogens (tertiary/aromatic N) is 6. The number of aromatic nitrogens is 4. The molecule has 0 unspecified atom stereocenters. The van der Waals surface area contributed by atoms with Gasteiger partial charge < -0.3 is 9.64 Å². The lowest BCUT2D eigenvalue weighted by Gasteiger charge is -2.15. The number of aliphatic imine (C=N–C) groups is 1. The molecule has 3 aromatic rings. The van der Waals surface area contributed by atoms with Crippen LogP contribution in [0.5, 0.6) is 5.75 Å². The highest BCUT2D eigenvalue weighted by Gasteiger charge is 2.15. The maximum absolute atomic E-state index is 13.3. The van der Waals surface area contributed by atoms with E-state index in [0.29, 0.717) is 17.5 Å². The van der Waals surface area contributed by atoms with Gasteiger partial charge in [-0.2, -0.15) is 9.50 Å². The first-order valence-electron chi connectivity index (χ1n) is 7.37. The van der Waals surface area contributed by atoms with Gasteiger partial charge in [0, 0.05) is 26.4 Å². The molecule has 8 heteroatoms. The molecule has 7 nitrogen and oxygen atoms in total. The van der Waals surface area contributed by atoms with E-state index in [1.54, 1.807) is 40.1 Å². The summed E-state index contributed by atoms with van der Waals surface area (Å²) in [5.74, 6) is 0.828. The van der Waals surface area contributed by atoms with Gasteiger partial charge in [0.15, 0.2) is 0 Å². The van der Waals surface area contributed by atoms with Crippen LogP contribution in [-0.2, 0) is 0 Å². The third kappa shape index (κ3) is 3.48. The third-order valence-corrected chi connectivity index (χ3v) is 3.19. The molecule has 1 atom stereocenters. The fraction of sp³-hybridized carbons (Fsp3) is 0.250. The zero-order valence-electron chi connectivity index (χ0n) is 13.6. The summed E-state index contributed by atoms with van der Waals surface area (Å²) in [4.78, 5) is 14.4. The van der Waals surface area contributed by atoms with E-state index < -0.39 is 0 Å². The van der Waals surface area contributed by atoms with E-state index in [-0.39, 0.29) is 11.9 Å². The van der Waals surface area contributed by atoms with Crippen LogP contribution in [0.3, 0.4) is 0 Å². The zero-order chi connectivity index (χ0) is 17.1. The van der Waals surface area contributed by atoms with Crippen LogP contribution in [0.4, 0.5) is 10.3 Å². The Morgan fingerprint density at radius 2 is 2.17 bits per heavy atom. The molecular formula is C16H17FN6O. The molecule has 0 N–H and O–H groups in total. The lowest BCUT2D eigenvalue weighted by molar-refractivity contribution is 0.218. The molecule has 2 heterocycles. The molecule has 2 aromatic heterocycles. The molecule has 0 aliphatic rings. The van der Waals surface area contributed by atoms with Crippen LogP contribution in [0.2, 0.25) is 0 Å². The minimum atomic E-state index is -0.371. The Labute approximate surface area is 138 Å². The van der Waals surface area contributed by atoms with Crippen molar-refractivity contribution in [2.45, 2.75) is 13.0 Å². The van der Waals surface area contributed by atoms with Crippen molar-refractivity contribution in [3.63, 3.8) is 0 Å². The summed E-state index contributed by atoms with van der Waals surface area (Å²) in [7, 11) is 3.72. The van der Waals surface area contributed by atoms with E-state index in [9.17, 15) is 4.39 Å². The molecule has 0 spiro atoms. The normalized spacial score (nSPS) is 12.7. The highest BCUT2D eigenvalue weighted by atomic mass is 19.1. The molecule has 3 rings (SSSR count). The van der Waals surface area contributed by atoms with Gasteiger partial charge in [-0.15, -0.1) is 5.10 Å². The summed E-state index contributed by atoms with van der Waals surface area (Å²) in [5.41, 5.74) is 0.739. The Kier molecular flexibility index (Phi) is 4.37. The van der Waals surface area contributed by atoms with Crippen LogP contribution < -0.4 is 4.74 Å². The van der Waals surface area contributed by atoms with Crippen molar-refractivity contribution in [3.8, 4) is 5.75 Å². The zero-order valence-corrected chi connectivity index (χ0v) is 13.6. The second kappa shape index (κ2) is 6.61. The van der Waals surface area contributed by atoms with Crippen LogP contribution in [0.1, 0.15) is 18.7 Å². The summed E-state index contributed by atoms with van der Waals surface area (Å²) in [5, 5.41) is 4.33. The molecule has 0 fully saturated rings. The summed E-state index contributed by atoms with van der Waals surface area (Å²) in [6, 6.07) is 7.79. The number of benzene rings is 1. The Hall–Kier alpha value is -3.03. The molecular weight excluding hydrogens is 311 g/mol. The van der Waals surface area contributed by atoms with Crippen LogP contribution in [-0.4, -0.2) is 44.9 Å². The molecule has 24 heavy (non-hydrogen) atoms. The second-order valence-electron chi connectivity index (χ2n) is 5.42.